The molecule has 1 aromatic rings. The molecule has 0 saturated carbocycles. The van der Waals surface area contributed by atoms with Gasteiger partial charge in [0, 0.05) is 10.6 Å². The second kappa shape index (κ2) is 6.21. The van der Waals surface area contributed by atoms with E-state index in [0.717, 1.165) is 5.56 Å². The van der Waals surface area contributed by atoms with Crippen LogP contribution < -0.4 is 5.32 Å². The molecule has 0 aliphatic carbocycles. The summed E-state index contributed by atoms with van der Waals surface area (Å²) >= 11 is 5.84. The Morgan fingerprint density at radius 3 is 2.67 bits per heavy atom. The molecule has 0 aliphatic rings. The first-order valence-electron chi connectivity index (χ1n) is 5.35. The van der Waals surface area contributed by atoms with Gasteiger partial charge in [-0.1, -0.05) is 17.7 Å². The predicted molar refractivity (Wildman–Crippen MR) is 69.9 cm³/mol. The number of benzene rings is 1. The Labute approximate surface area is 110 Å². The van der Waals surface area contributed by atoms with Crippen molar-refractivity contribution in [3.8, 4) is 0 Å². The summed E-state index contributed by atoms with van der Waals surface area (Å²) in [6.07, 6.45) is 1.61. The van der Waals surface area contributed by atoms with Crippen LogP contribution in [0.2, 0.25) is 5.02 Å². The molecule has 0 aromatic heterocycles. The summed E-state index contributed by atoms with van der Waals surface area (Å²) in [5.74, 6) is -1.56. The number of nitrogens with one attached hydrogen (secondary N) is 1. The molecule has 1 atom stereocenters. The van der Waals surface area contributed by atoms with Crippen molar-refractivity contribution in [3.63, 3.8) is 0 Å². The van der Waals surface area contributed by atoms with E-state index in [1.807, 2.05) is 0 Å². The fourth-order valence-electron chi connectivity index (χ4n) is 1.50. The Hall–Kier alpha value is -1.81. The molecule has 1 amide bonds. The van der Waals surface area contributed by atoms with E-state index >= 15 is 0 Å². The molecular weight excluding hydrogens is 254 g/mol. The Bertz CT molecular complexity index is 465. The van der Waals surface area contributed by atoms with Crippen LogP contribution in [0.15, 0.2) is 30.9 Å². The largest absolute Gasteiger partial charge is 0.480 e. The summed E-state index contributed by atoms with van der Waals surface area (Å²) in [6.45, 7) is 5.26. The Morgan fingerprint density at radius 1 is 1.50 bits per heavy atom. The molecule has 0 radical (unpaired) electrons. The number of amides is 1. The summed E-state index contributed by atoms with van der Waals surface area (Å²) in [7, 11) is 0. The van der Waals surface area contributed by atoms with E-state index in [9.17, 15) is 9.59 Å². The van der Waals surface area contributed by atoms with Crippen LogP contribution in [0, 0.1) is 6.92 Å². The number of hydrogen-bond donors (Lipinski definition) is 2. The van der Waals surface area contributed by atoms with Gasteiger partial charge in [-0.3, -0.25) is 4.79 Å². The van der Waals surface area contributed by atoms with Crippen LogP contribution in [-0.4, -0.2) is 23.0 Å². The summed E-state index contributed by atoms with van der Waals surface area (Å²) < 4.78 is 0. The second-order valence-corrected chi connectivity index (χ2v) is 4.34. The second-order valence-electron chi connectivity index (χ2n) is 3.91. The number of hydrogen-bond acceptors (Lipinski definition) is 2. The van der Waals surface area contributed by atoms with Crippen molar-refractivity contribution >= 4 is 23.5 Å². The molecule has 4 nitrogen and oxygen atoms in total. The molecule has 1 rings (SSSR count). The minimum absolute atomic E-state index is 0.167. The molecule has 1 unspecified atom stereocenters. The number of carboxylic acids is 1. The van der Waals surface area contributed by atoms with Crippen molar-refractivity contribution in [2.24, 2.45) is 0 Å². The molecule has 0 heterocycles. The van der Waals surface area contributed by atoms with E-state index in [0.29, 0.717) is 10.6 Å². The summed E-state index contributed by atoms with van der Waals surface area (Å²) in [4.78, 5) is 22.8. The van der Waals surface area contributed by atoms with Gasteiger partial charge < -0.3 is 10.4 Å². The lowest BCUT2D eigenvalue weighted by atomic mass is 10.1. The molecule has 0 saturated heterocycles. The lowest BCUT2D eigenvalue weighted by molar-refractivity contribution is -0.139. The highest BCUT2D eigenvalue weighted by atomic mass is 35.5. The number of halogens is 1. The average Bonchev–Trinajstić information content (AvgIpc) is 2.26. The van der Waals surface area contributed by atoms with Crippen LogP contribution in [0.1, 0.15) is 22.3 Å². The lowest BCUT2D eigenvalue weighted by Gasteiger charge is -2.13. The van der Waals surface area contributed by atoms with E-state index in [4.69, 9.17) is 16.7 Å². The van der Waals surface area contributed by atoms with Crippen LogP contribution >= 0.6 is 11.6 Å². The van der Waals surface area contributed by atoms with Gasteiger partial charge in [-0.2, -0.15) is 0 Å². The number of carbonyl (C=O) groups is 2. The van der Waals surface area contributed by atoms with Gasteiger partial charge in [-0.25, -0.2) is 4.79 Å². The van der Waals surface area contributed by atoms with Gasteiger partial charge in [-0.15, -0.1) is 6.58 Å². The normalized spacial score (nSPS) is 11.7. The summed E-state index contributed by atoms with van der Waals surface area (Å²) in [5.41, 5.74) is 1.18. The van der Waals surface area contributed by atoms with Gasteiger partial charge >= 0.3 is 5.97 Å². The highest BCUT2D eigenvalue weighted by Crippen LogP contribution is 2.14. The molecular formula is C13H14ClNO3. The molecule has 1 aromatic carbocycles. The topological polar surface area (TPSA) is 66.4 Å². The molecule has 0 bridgehead atoms. The number of rotatable bonds is 5. The van der Waals surface area contributed by atoms with Gasteiger partial charge in [-0.05, 0) is 37.1 Å². The number of carboxylic acid groups (broad SMARTS) is 1. The minimum Gasteiger partial charge on any atom is -0.480 e. The molecule has 0 spiro atoms. The van der Waals surface area contributed by atoms with E-state index in [1.54, 1.807) is 19.1 Å². The van der Waals surface area contributed by atoms with Gasteiger partial charge in [0.15, 0.2) is 0 Å². The third-order valence-corrected chi connectivity index (χ3v) is 2.53. The smallest absolute Gasteiger partial charge is 0.326 e. The first kappa shape index (κ1) is 14.3. The first-order valence-corrected chi connectivity index (χ1v) is 5.73. The maximum absolute atomic E-state index is 11.9. The Kier molecular flexibility index (Phi) is 4.92. The van der Waals surface area contributed by atoms with Crippen molar-refractivity contribution in [1.29, 1.82) is 0 Å². The van der Waals surface area contributed by atoms with Crippen LogP contribution in [0.5, 0.6) is 0 Å². The predicted octanol–water partition coefficient (Wildman–Crippen LogP) is 2.41. The van der Waals surface area contributed by atoms with Crippen molar-refractivity contribution in [2.45, 2.75) is 19.4 Å². The zero-order valence-electron chi connectivity index (χ0n) is 9.94. The summed E-state index contributed by atoms with van der Waals surface area (Å²) in [5, 5.41) is 11.8. The fourth-order valence-corrected chi connectivity index (χ4v) is 1.79. The lowest BCUT2D eigenvalue weighted by Crippen LogP contribution is -2.40. The van der Waals surface area contributed by atoms with E-state index < -0.39 is 17.9 Å². The molecule has 0 fully saturated rings. The third-order valence-electron chi connectivity index (χ3n) is 2.31. The highest BCUT2D eigenvalue weighted by molar-refractivity contribution is 6.31. The van der Waals surface area contributed by atoms with Gasteiger partial charge in [0.1, 0.15) is 6.04 Å². The number of aryl methyl sites for hydroxylation is 1. The van der Waals surface area contributed by atoms with Crippen LogP contribution in [0.25, 0.3) is 0 Å². The van der Waals surface area contributed by atoms with Crippen LogP contribution in [0.3, 0.4) is 0 Å². The first-order chi connectivity index (χ1) is 8.43. The van der Waals surface area contributed by atoms with Crippen LogP contribution in [0.4, 0.5) is 0 Å². The minimum atomic E-state index is -1.10. The molecule has 5 heteroatoms. The number of aliphatic carboxylic acids is 1. The SMILES string of the molecule is C=CCC(NC(=O)c1cc(C)cc(Cl)c1)C(=O)O. The van der Waals surface area contributed by atoms with Crippen molar-refractivity contribution < 1.29 is 14.7 Å². The van der Waals surface area contributed by atoms with Crippen molar-refractivity contribution in [2.75, 3.05) is 0 Å². The fraction of sp³-hybridized carbons (Fsp3) is 0.231. The van der Waals surface area contributed by atoms with E-state index in [2.05, 4.69) is 11.9 Å². The van der Waals surface area contributed by atoms with Crippen molar-refractivity contribution in [1.82, 2.24) is 5.32 Å². The maximum atomic E-state index is 11.9. The van der Waals surface area contributed by atoms with Gasteiger partial charge in [0.2, 0.25) is 0 Å². The van der Waals surface area contributed by atoms with Crippen LogP contribution in [-0.2, 0) is 4.79 Å². The summed E-state index contributed by atoms with van der Waals surface area (Å²) in [6, 6.07) is 3.89. The Balaban J connectivity index is 2.86. The zero-order valence-corrected chi connectivity index (χ0v) is 10.7. The van der Waals surface area contributed by atoms with Gasteiger partial charge in [0.25, 0.3) is 5.91 Å². The quantitative estimate of drug-likeness (QED) is 0.805. The highest BCUT2D eigenvalue weighted by Gasteiger charge is 2.19. The number of carbonyl (C=O) groups excluding carboxylic acids is 1. The average molecular weight is 268 g/mol. The van der Waals surface area contributed by atoms with E-state index in [1.165, 1.54) is 12.1 Å². The third kappa shape index (κ3) is 3.89. The molecule has 96 valence electrons. The zero-order chi connectivity index (χ0) is 13.7. The maximum Gasteiger partial charge on any atom is 0.326 e. The molecule has 2 N–H and O–H groups in total. The monoisotopic (exact) mass is 267 g/mol. The molecule has 18 heavy (non-hydrogen) atoms. The van der Waals surface area contributed by atoms with Crippen molar-refractivity contribution in [3.05, 3.63) is 47.0 Å². The van der Waals surface area contributed by atoms with E-state index in [-0.39, 0.29) is 6.42 Å². The Morgan fingerprint density at radius 2 is 2.17 bits per heavy atom. The van der Waals surface area contributed by atoms with Gasteiger partial charge in [0.05, 0.1) is 0 Å². The molecule has 0 aliphatic heterocycles. The standard InChI is InChI=1S/C13H14ClNO3/c1-3-4-11(13(17)18)15-12(16)9-5-8(2)6-10(14)7-9/h3,5-7,11H,1,4H2,2H3,(H,15,16)(H,17,18).